The molecule has 3 N–H and O–H groups in total. The Hall–Kier alpha value is -1.26. The van der Waals surface area contributed by atoms with Crippen LogP contribution in [0.1, 0.15) is 45.4 Å². The fraction of sp³-hybridized carbons (Fsp3) is 0.846. The van der Waals surface area contributed by atoms with Crippen LogP contribution in [0.5, 0.6) is 0 Å². The summed E-state index contributed by atoms with van der Waals surface area (Å²) in [6.45, 7) is 2.07. The number of rotatable bonds is 4. The molecule has 2 saturated carbocycles. The molecule has 5 nitrogen and oxygen atoms in total. The molecule has 2 aliphatic rings. The van der Waals surface area contributed by atoms with Crippen molar-refractivity contribution in [3.8, 4) is 0 Å². The molecule has 3 atom stereocenters. The molecule has 3 unspecified atom stereocenters. The highest BCUT2D eigenvalue weighted by Gasteiger charge is 2.36. The number of amides is 2. The highest BCUT2D eigenvalue weighted by Crippen LogP contribution is 2.29. The molecule has 2 rings (SSSR count). The molecule has 5 heteroatoms. The van der Waals surface area contributed by atoms with E-state index < -0.39 is 12.0 Å². The van der Waals surface area contributed by atoms with Crippen molar-refractivity contribution in [2.75, 3.05) is 0 Å². The van der Waals surface area contributed by atoms with Gasteiger partial charge >= 0.3 is 12.0 Å². The van der Waals surface area contributed by atoms with E-state index in [9.17, 15) is 14.7 Å². The molecule has 102 valence electrons. The average molecular weight is 254 g/mol. The lowest BCUT2D eigenvalue weighted by atomic mass is 9.84. The van der Waals surface area contributed by atoms with Crippen molar-refractivity contribution in [3.63, 3.8) is 0 Å². The summed E-state index contributed by atoms with van der Waals surface area (Å²) in [5, 5.41) is 14.7. The van der Waals surface area contributed by atoms with Crippen molar-refractivity contribution < 1.29 is 14.7 Å². The molecule has 0 spiro atoms. The van der Waals surface area contributed by atoms with Crippen LogP contribution in [0.2, 0.25) is 0 Å². The second kappa shape index (κ2) is 5.59. The molecule has 2 amide bonds. The standard InChI is InChI=1S/C13H22N2O3/c1-8-7-10(8)14-13(18)15-11(12(16)17)9-5-3-2-4-6-9/h8-11H,2-7H2,1H3,(H,16,17)(H2,14,15,18). The quantitative estimate of drug-likeness (QED) is 0.715. The Morgan fingerprint density at radius 1 is 1.22 bits per heavy atom. The molecule has 0 aromatic rings. The number of carbonyl (C=O) groups excluding carboxylic acids is 1. The second-order valence-corrected chi connectivity index (χ2v) is 5.65. The van der Waals surface area contributed by atoms with Gasteiger partial charge in [-0.15, -0.1) is 0 Å². The van der Waals surface area contributed by atoms with E-state index in [0.29, 0.717) is 5.92 Å². The van der Waals surface area contributed by atoms with E-state index in [1.807, 2.05) is 0 Å². The summed E-state index contributed by atoms with van der Waals surface area (Å²) in [5.41, 5.74) is 0. The lowest BCUT2D eigenvalue weighted by Crippen LogP contribution is -2.50. The van der Waals surface area contributed by atoms with Crippen molar-refractivity contribution in [2.24, 2.45) is 11.8 Å². The van der Waals surface area contributed by atoms with Crippen molar-refractivity contribution in [1.29, 1.82) is 0 Å². The number of urea groups is 1. The summed E-state index contributed by atoms with van der Waals surface area (Å²) >= 11 is 0. The summed E-state index contributed by atoms with van der Waals surface area (Å²) in [5.74, 6) is -0.312. The maximum Gasteiger partial charge on any atom is 0.326 e. The Labute approximate surface area is 107 Å². The minimum Gasteiger partial charge on any atom is -0.480 e. The number of hydrogen-bond donors (Lipinski definition) is 3. The van der Waals surface area contributed by atoms with Gasteiger partial charge in [-0.1, -0.05) is 26.2 Å². The van der Waals surface area contributed by atoms with Crippen LogP contribution in [0.3, 0.4) is 0 Å². The van der Waals surface area contributed by atoms with Crippen LogP contribution in [-0.4, -0.2) is 29.2 Å². The van der Waals surface area contributed by atoms with E-state index in [2.05, 4.69) is 17.6 Å². The van der Waals surface area contributed by atoms with Crippen LogP contribution in [0.15, 0.2) is 0 Å². The van der Waals surface area contributed by atoms with Crippen LogP contribution in [0.25, 0.3) is 0 Å². The van der Waals surface area contributed by atoms with Crippen molar-refractivity contribution in [2.45, 2.75) is 57.5 Å². The molecular weight excluding hydrogens is 232 g/mol. The van der Waals surface area contributed by atoms with Crippen LogP contribution >= 0.6 is 0 Å². The van der Waals surface area contributed by atoms with Gasteiger partial charge in [0, 0.05) is 6.04 Å². The molecule has 0 bridgehead atoms. The van der Waals surface area contributed by atoms with Gasteiger partial charge in [-0.05, 0) is 31.1 Å². The summed E-state index contributed by atoms with van der Waals surface area (Å²) in [6.07, 6.45) is 6.10. The first kappa shape index (κ1) is 13.2. The van der Waals surface area contributed by atoms with Crippen molar-refractivity contribution >= 4 is 12.0 Å². The third kappa shape index (κ3) is 3.37. The topological polar surface area (TPSA) is 78.4 Å². The smallest absolute Gasteiger partial charge is 0.326 e. The van der Waals surface area contributed by atoms with Crippen LogP contribution in [0, 0.1) is 11.8 Å². The Morgan fingerprint density at radius 3 is 2.33 bits per heavy atom. The Morgan fingerprint density at radius 2 is 1.83 bits per heavy atom. The first-order valence-corrected chi connectivity index (χ1v) is 6.87. The van der Waals surface area contributed by atoms with Gasteiger partial charge in [0.1, 0.15) is 6.04 Å². The number of aliphatic carboxylic acids is 1. The first-order chi connectivity index (χ1) is 8.58. The Kier molecular flexibility index (Phi) is 4.09. The third-order valence-corrected chi connectivity index (χ3v) is 4.10. The summed E-state index contributed by atoms with van der Waals surface area (Å²) in [7, 11) is 0. The van der Waals surface area contributed by atoms with E-state index in [-0.39, 0.29) is 18.0 Å². The number of carbonyl (C=O) groups is 2. The Bertz CT molecular complexity index is 326. The van der Waals surface area contributed by atoms with Crippen LogP contribution in [-0.2, 0) is 4.79 Å². The first-order valence-electron chi connectivity index (χ1n) is 6.87. The molecular formula is C13H22N2O3. The molecule has 0 saturated heterocycles. The predicted octanol–water partition coefficient (Wildman–Crippen LogP) is 1.73. The zero-order valence-electron chi connectivity index (χ0n) is 10.8. The lowest BCUT2D eigenvalue weighted by molar-refractivity contribution is -0.141. The summed E-state index contributed by atoms with van der Waals surface area (Å²) in [4.78, 5) is 23.0. The van der Waals surface area contributed by atoms with Crippen molar-refractivity contribution in [1.82, 2.24) is 10.6 Å². The van der Waals surface area contributed by atoms with Gasteiger partial charge in [0.05, 0.1) is 0 Å². The number of hydrogen-bond acceptors (Lipinski definition) is 2. The monoisotopic (exact) mass is 254 g/mol. The predicted molar refractivity (Wildman–Crippen MR) is 67.2 cm³/mol. The fourth-order valence-electron chi connectivity index (χ4n) is 2.72. The van der Waals surface area contributed by atoms with E-state index >= 15 is 0 Å². The largest absolute Gasteiger partial charge is 0.480 e. The number of nitrogens with one attached hydrogen (secondary N) is 2. The van der Waals surface area contributed by atoms with Gasteiger partial charge < -0.3 is 15.7 Å². The summed E-state index contributed by atoms with van der Waals surface area (Å²) < 4.78 is 0. The van der Waals surface area contributed by atoms with Gasteiger partial charge in [-0.2, -0.15) is 0 Å². The maximum atomic E-state index is 11.7. The van der Waals surface area contributed by atoms with E-state index in [1.54, 1.807) is 0 Å². The molecule has 18 heavy (non-hydrogen) atoms. The third-order valence-electron chi connectivity index (χ3n) is 4.10. The van der Waals surface area contributed by atoms with E-state index in [4.69, 9.17) is 0 Å². The highest BCUT2D eigenvalue weighted by atomic mass is 16.4. The van der Waals surface area contributed by atoms with E-state index in [1.165, 1.54) is 6.42 Å². The Balaban J connectivity index is 1.84. The van der Waals surface area contributed by atoms with Crippen LogP contribution in [0.4, 0.5) is 4.79 Å². The molecule has 0 aromatic carbocycles. The number of carboxylic acids is 1. The molecule has 0 radical (unpaired) electrons. The highest BCUT2D eigenvalue weighted by molar-refractivity contribution is 5.83. The molecule has 0 aliphatic heterocycles. The van der Waals surface area contributed by atoms with Gasteiger partial charge in [0.25, 0.3) is 0 Å². The van der Waals surface area contributed by atoms with Gasteiger partial charge in [-0.25, -0.2) is 9.59 Å². The van der Waals surface area contributed by atoms with Crippen LogP contribution < -0.4 is 10.6 Å². The normalized spacial score (nSPS) is 29.4. The van der Waals surface area contributed by atoms with E-state index in [0.717, 1.165) is 32.1 Å². The van der Waals surface area contributed by atoms with Crippen molar-refractivity contribution in [3.05, 3.63) is 0 Å². The zero-order chi connectivity index (χ0) is 13.1. The maximum absolute atomic E-state index is 11.7. The summed E-state index contributed by atoms with van der Waals surface area (Å²) in [6, 6.07) is -0.840. The fourth-order valence-corrected chi connectivity index (χ4v) is 2.72. The van der Waals surface area contributed by atoms with Gasteiger partial charge in [0.2, 0.25) is 0 Å². The molecule has 0 heterocycles. The average Bonchev–Trinajstić information content (AvgIpc) is 3.02. The van der Waals surface area contributed by atoms with Gasteiger partial charge in [-0.3, -0.25) is 0 Å². The minimum atomic E-state index is -0.916. The number of carboxylic acid groups (broad SMARTS) is 1. The molecule has 0 aromatic heterocycles. The zero-order valence-corrected chi connectivity index (χ0v) is 10.8. The van der Waals surface area contributed by atoms with Gasteiger partial charge in [0.15, 0.2) is 0 Å². The minimum absolute atomic E-state index is 0.0821. The SMILES string of the molecule is CC1CC1NC(=O)NC(C(=O)O)C1CCCCC1. The lowest BCUT2D eigenvalue weighted by Gasteiger charge is -2.28. The molecule has 2 aliphatic carbocycles. The molecule has 2 fully saturated rings. The second-order valence-electron chi connectivity index (χ2n) is 5.65.